The molecule has 0 aliphatic carbocycles. The first-order valence-electron chi connectivity index (χ1n) is 5.78. The summed E-state index contributed by atoms with van der Waals surface area (Å²) in [4.78, 5) is 0. The Morgan fingerprint density at radius 3 is 1.94 bits per heavy atom. The Morgan fingerprint density at radius 2 is 1.39 bits per heavy atom. The summed E-state index contributed by atoms with van der Waals surface area (Å²) in [6.07, 6.45) is 5.65. The summed E-state index contributed by atoms with van der Waals surface area (Å²) in [7, 11) is 0. The second-order valence-corrected chi connectivity index (χ2v) is 3.87. The largest absolute Gasteiger partial charge is 0.192 e. The molecule has 1 heteroatoms. The summed E-state index contributed by atoms with van der Waals surface area (Å²) in [5.41, 5.74) is 2.77. The molecule has 0 aromatic heterocycles. The number of allylic oxidation sites excluding steroid dienone is 2. The predicted octanol–water partition coefficient (Wildman–Crippen LogP) is 4.31. The van der Waals surface area contributed by atoms with Crippen molar-refractivity contribution in [1.29, 1.82) is 5.26 Å². The summed E-state index contributed by atoms with van der Waals surface area (Å²) in [5.74, 6) is 0. The number of nitriles is 1. The molecular formula is C17H13N. The lowest BCUT2D eigenvalue weighted by Crippen LogP contribution is -1.75. The molecule has 2 rings (SSSR count). The van der Waals surface area contributed by atoms with E-state index in [2.05, 4.69) is 6.07 Å². The van der Waals surface area contributed by atoms with E-state index in [0.29, 0.717) is 5.57 Å². The van der Waals surface area contributed by atoms with Crippen LogP contribution in [0.25, 0.3) is 12.2 Å². The smallest absolute Gasteiger partial charge is 0.0991 e. The van der Waals surface area contributed by atoms with Gasteiger partial charge in [-0.2, -0.15) is 5.26 Å². The van der Waals surface area contributed by atoms with Gasteiger partial charge in [-0.25, -0.2) is 0 Å². The standard InChI is InChI=1S/C17H13N/c18-14-17(13-16-9-5-2-6-10-16)12-11-15-7-3-1-4-8-15/h1-13H. The maximum Gasteiger partial charge on any atom is 0.0991 e. The second kappa shape index (κ2) is 6.22. The van der Waals surface area contributed by atoms with E-state index in [1.54, 1.807) is 0 Å². The van der Waals surface area contributed by atoms with Crippen LogP contribution in [0.4, 0.5) is 0 Å². The fraction of sp³-hybridized carbons (Fsp3) is 0. The van der Waals surface area contributed by atoms with Gasteiger partial charge in [-0.3, -0.25) is 0 Å². The molecule has 0 saturated heterocycles. The Labute approximate surface area is 107 Å². The highest BCUT2D eigenvalue weighted by atomic mass is 14.2. The van der Waals surface area contributed by atoms with Crippen LogP contribution in [0.15, 0.2) is 72.3 Å². The van der Waals surface area contributed by atoms with Crippen molar-refractivity contribution in [3.8, 4) is 6.07 Å². The Balaban J connectivity index is 2.19. The van der Waals surface area contributed by atoms with Crippen LogP contribution in [0, 0.1) is 11.3 Å². The minimum absolute atomic E-state index is 0.644. The maximum atomic E-state index is 9.10. The zero-order chi connectivity index (χ0) is 12.6. The third kappa shape index (κ3) is 3.47. The van der Waals surface area contributed by atoms with Crippen LogP contribution in [0.5, 0.6) is 0 Å². The summed E-state index contributed by atoms with van der Waals surface area (Å²) >= 11 is 0. The van der Waals surface area contributed by atoms with Crippen LogP contribution in [0.3, 0.4) is 0 Å². The molecule has 0 spiro atoms. The molecule has 0 fully saturated rings. The number of hydrogen-bond acceptors (Lipinski definition) is 1. The molecule has 0 unspecified atom stereocenters. The Hall–Kier alpha value is -2.59. The first-order chi connectivity index (χ1) is 8.88. The van der Waals surface area contributed by atoms with Gasteiger partial charge in [0.2, 0.25) is 0 Å². The van der Waals surface area contributed by atoms with Crippen molar-refractivity contribution in [2.24, 2.45) is 0 Å². The molecule has 0 heterocycles. The van der Waals surface area contributed by atoms with E-state index in [1.165, 1.54) is 0 Å². The topological polar surface area (TPSA) is 23.8 Å². The molecule has 0 radical (unpaired) electrons. The predicted molar refractivity (Wildman–Crippen MR) is 75.5 cm³/mol. The first kappa shape index (κ1) is 11.9. The van der Waals surface area contributed by atoms with E-state index in [9.17, 15) is 0 Å². The molecule has 0 N–H and O–H groups in total. The molecule has 2 aromatic carbocycles. The minimum Gasteiger partial charge on any atom is -0.192 e. The van der Waals surface area contributed by atoms with Gasteiger partial charge in [0, 0.05) is 0 Å². The Morgan fingerprint density at radius 1 is 0.833 bits per heavy atom. The number of rotatable bonds is 3. The molecule has 0 atom stereocenters. The molecule has 1 nitrogen and oxygen atoms in total. The third-order valence-corrected chi connectivity index (χ3v) is 2.51. The number of nitrogens with zero attached hydrogens (tertiary/aromatic N) is 1. The van der Waals surface area contributed by atoms with Crippen molar-refractivity contribution in [2.75, 3.05) is 0 Å². The summed E-state index contributed by atoms with van der Waals surface area (Å²) < 4.78 is 0. The Bertz CT molecular complexity index is 587. The van der Waals surface area contributed by atoms with E-state index in [0.717, 1.165) is 11.1 Å². The van der Waals surface area contributed by atoms with Crippen molar-refractivity contribution in [1.82, 2.24) is 0 Å². The summed E-state index contributed by atoms with van der Waals surface area (Å²) in [6, 6.07) is 22.0. The van der Waals surface area contributed by atoms with Crippen LogP contribution in [-0.4, -0.2) is 0 Å². The van der Waals surface area contributed by atoms with E-state index in [4.69, 9.17) is 5.26 Å². The van der Waals surface area contributed by atoms with E-state index < -0.39 is 0 Å². The third-order valence-electron chi connectivity index (χ3n) is 2.51. The first-order valence-corrected chi connectivity index (χ1v) is 5.78. The fourth-order valence-corrected chi connectivity index (χ4v) is 1.60. The van der Waals surface area contributed by atoms with Crippen molar-refractivity contribution < 1.29 is 0 Å². The molecule has 2 aromatic rings. The molecule has 0 aliphatic heterocycles. The van der Waals surface area contributed by atoms with Gasteiger partial charge in [0.25, 0.3) is 0 Å². The van der Waals surface area contributed by atoms with Crippen LogP contribution in [0.2, 0.25) is 0 Å². The average Bonchev–Trinajstić information content (AvgIpc) is 2.45. The molecule has 86 valence electrons. The van der Waals surface area contributed by atoms with Crippen LogP contribution < -0.4 is 0 Å². The van der Waals surface area contributed by atoms with E-state index in [-0.39, 0.29) is 0 Å². The number of benzene rings is 2. The lowest BCUT2D eigenvalue weighted by Gasteiger charge is -1.94. The molecule has 18 heavy (non-hydrogen) atoms. The van der Waals surface area contributed by atoms with Crippen LogP contribution in [0.1, 0.15) is 11.1 Å². The van der Waals surface area contributed by atoms with E-state index >= 15 is 0 Å². The van der Waals surface area contributed by atoms with Crippen molar-refractivity contribution in [2.45, 2.75) is 0 Å². The van der Waals surface area contributed by atoms with Crippen molar-refractivity contribution in [3.63, 3.8) is 0 Å². The van der Waals surface area contributed by atoms with Crippen LogP contribution in [-0.2, 0) is 0 Å². The van der Waals surface area contributed by atoms with Gasteiger partial charge < -0.3 is 0 Å². The lowest BCUT2D eigenvalue weighted by atomic mass is 10.1. The quantitative estimate of drug-likeness (QED) is 0.570. The lowest BCUT2D eigenvalue weighted by molar-refractivity contribution is 1.50. The highest BCUT2D eigenvalue weighted by Gasteiger charge is 1.91. The summed E-state index contributed by atoms with van der Waals surface area (Å²) in [5, 5.41) is 9.10. The second-order valence-electron chi connectivity index (χ2n) is 3.87. The minimum atomic E-state index is 0.644. The molecular weight excluding hydrogens is 218 g/mol. The Kier molecular flexibility index (Phi) is 4.11. The normalized spacial score (nSPS) is 11.4. The zero-order valence-electron chi connectivity index (χ0n) is 9.95. The summed E-state index contributed by atoms with van der Waals surface area (Å²) in [6.45, 7) is 0. The SMILES string of the molecule is N#CC(C=Cc1ccccc1)=Cc1ccccc1. The molecule has 0 amide bonds. The van der Waals surface area contributed by atoms with Crippen LogP contribution >= 0.6 is 0 Å². The van der Waals surface area contributed by atoms with Gasteiger partial charge in [0.1, 0.15) is 0 Å². The number of hydrogen-bond donors (Lipinski definition) is 0. The van der Waals surface area contributed by atoms with Gasteiger partial charge in [-0.1, -0.05) is 66.7 Å². The molecule has 0 bridgehead atoms. The van der Waals surface area contributed by atoms with Crippen molar-refractivity contribution >= 4 is 12.2 Å². The van der Waals surface area contributed by atoms with Gasteiger partial charge in [-0.05, 0) is 23.3 Å². The van der Waals surface area contributed by atoms with Gasteiger partial charge >= 0.3 is 0 Å². The highest BCUT2D eigenvalue weighted by Crippen LogP contribution is 2.09. The van der Waals surface area contributed by atoms with Gasteiger partial charge in [-0.15, -0.1) is 0 Å². The van der Waals surface area contributed by atoms with Gasteiger partial charge in [0.05, 0.1) is 11.6 Å². The zero-order valence-corrected chi connectivity index (χ0v) is 9.95. The van der Waals surface area contributed by atoms with Gasteiger partial charge in [0.15, 0.2) is 0 Å². The van der Waals surface area contributed by atoms with E-state index in [1.807, 2.05) is 78.9 Å². The van der Waals surface area contributed by atoms with Crippen molar-refractivity contribution in [3.05, 3.63) is 83.4 Å². The maximum absolute atomic E-state index is 9.10. The fourth-order valence-electron chi connectivity index (χ4n) is 1.60. The average molecular weight is 231 g/mol. The molecule has 0 aliphatic rings. The monoisotopic (exact) mass is 231 g/mol. The molecule has 0 saturated carbocycles. The highest BCUT2D eigenvalue weighted by molar-refractivity contribution is 5.65.